The maximum atomic E-state index is 5.84. The van der Waals surface area contributed by atoms with E-state index in [0.29, 0.717) is 16.7 Å². The maximum Gasteiger partial charge on any atom is 0.151 e. The van der Waals surface area contributed by atoms with Crippen molar-refractivity contribution in [1.29, 1.82) is 0 Å². The molecule has 0 amide bonds. The molecule has 0 radical (unpaired) electrons. The molecule has 2 N–H and O–H groups in total. The number of anilines is 1. The second-order valence-corrected chi connectivity index (χ2v) is 4.38. The highest BCUT2D eigenvalue weighted by atomic mass is 35.5. The standard InChI is InChI=1S/C14H10ClN3/c15-12-8-17-13(14(16)18-12)11-6-5-9-3-1-2-4-10(9)7-11/h1-8H,(H2,16,18). The van der Waals surface area contributed by atoms with Gasteiger partial charge in [0.05, 0.1) is 6.20 Å². The van der Waals surface area contributed by atoms with Crippen molar-refractivity contribution in [2.24, 2.45) is 0 Å². The lowest BCUT2D eigenvalue weighted by atomic mass is 10.1. The minimum Gasteiger partial charge on any atom is -0.382 e. The molecule has 0 aliphatic carbocycles. The summed E-state index contributed by atoms with van der Waals surface area (Å²) in [5, 5.41) is 2.63. The van der Waals surface area contributed by atoms with Crippen LogP contribution in [0.3, 0.4) is 0 Å². The minimum absolute atomic E-state index is 0.303. The lowest BCUT2D eigenvalue weighted by molar-refractivity contribution is 1.22. The summed E-state index contributed by atoms with van der Waals surface area (Å²) in [6.07, 6.45) is 1.50. The molecule has 0 atom stereocenters. The molecule has 0 fully saturated rings. The van der Waals surface area contributed by atoms with Gasteiger partial charge in [-0.05, 0) is 16.8 Å². The molecule has 3 aromatic rings. The third kappa shape index (κ3) is 1.89. The Labute approximate surface area is 109 Å². The predicted molar refractivity (Wildman–Crippen MR) is 74.4 cm³/mol. The molecule has 3 nitrogen and oxygen atoms in total. The smallest absolute Gasteiger partial charge is 0.151 e. The Kier molecular flexibility index (Phi) is 2.61. The Morgan fingerprint density at radius 3 is 2.56 bits per heavy atom. The second-order valence-electron chi connectivity index (χ2n) is 3.99. The molecule has 4 heteroatoms. The van der Waals surface area contributed by atoms with Gasteiger partial charge >= 0.3 is 0 Å². The molecule has 1 aromatic heterocycles. The normalized spacial score (nSPS) is 10.7. The number of rotatable bonds is 1. The summed E-state index contributed by atoms with van der Waals surface area (Å²) in [6.45, 7) is 0. The largest absolute Gasteiger partial charge is 0.382 e. The fourth-order valence-electron chi connectivity index (χ4n) is 1.94. The number of aromatic nitrogens is 2. The first-order valence-electron chi connectivity index (χ1n) is 5.51. The van der Waals surface area contributed by atoms with Gasteiger partial charge in [0.2, 0.25) is 0 Å². The van der Waals surface area contributed by atoms with Crippen molar-refractivity contribution in [3.8, 4) is 11.3 Å². The van der Waals surface area contributed by atoms with Gasteiger partial charge in [0.25, 0.3) is 0 Å². The highest BCUT2D eigenvalue weighted by Crippen LogP contribution is 2.26. The average molecular weight is 256 g/mol. The summed E-state index contributed by atoms with van der Waals surface area (Å²) in [5.41, 5.74) is 7.44. The first kappa shape index (κ1) is 11.0. The van der Waals surface area contributed by atoms with Crippen molar-refractivity contribution in [3.63, 3.8) is 0 Å². The SMILES string of the molecule is Nc1nc(Cl)cnc1-c1ccc2ccccc2c1. The van der Waals surface area contributed by atoms with Gasteiger partial charge in [0.15, 0.2) is 5.82 Å². The molecule has 88 valence electrons. The predicted octanol–water partition coefficient (Wildman–Crippen LogP) is 3.53. The lowest BCUT2D eigenvalue weighted by Gasteiger charge is -2.05. The summed E-state index contributed by atoms with van der Waals surface area (Å²) >= 11 is 5.75. The van der Waals surface area contributed by atoms with Crippen molar-refractivity contribution in [1.82, 2.24) is 9.97 Å². The van der Waals surface area contributed by atoms with Gasteiger partial charge in [0, 0.05) is 5.56 Å². The topological polar surface area (TPSA) is 51.8 Å². The minimum atomic E-state index is 0.303. The lowest BCUT2D eigenvalue weighted by Crippen LogP contribution is -1.97. The van der Waals surface area contributed by atoms with Crippen molar-refractivity contribution < 1.29 is 0 Å². The molecular formula is C14H10ClN3. The average Bonchev–Trinajstić information content (AvgIpc) is 2.38. The highest BCUT2D eigenvalue weighted by Gasteiger charge is 2.07. The third-order valence-corrected chi connectivity index (χ3v) is 2.98. The molecule has 0 aliphatic heterocycles. The summed E-state index contributed by atoms with van der Waals surface area (Å²) in [7, 11) is 0. The van der Waals surface area contributed by atoms with Crippen molar-refractivity contribution in [2.75, 3.05) is 5.73 Å². The summed E-state index contributed by atoms with van der Waals surface area (Å²) in [6, 6.07) is 14.2. The number of fused-ring (bicyclic) bond motifs is 1. The molecule has 2 aromatic carbocycles. The fourth-order valence-corrected chi connectivity index (χ4v) is 2.08. The molecular weight excluding hydrogens is 246 g/mol. The van der Waals surface area contributed by atoms with Gasteiger partial charge in [-0.25, -0.2) is 9.97 Å². The monoisotopic (exact) mass is 255 g/mol. The fraction of sp³-hybridized carbons (Fsp3) is 0. The number of nitrogens with two attached hydrogens (primary N) is 1. The quantitative estimate of drug-likeness (QED) is 0.724. The van der Waals surface area contributed by atoms with Crippen LogP contribution in [0.2, 0.25) is 5.15 Å². The van der Waals surface area contributed by atoms with Crippen molar-refractivity contribution in [2.45, 2.75) is 0 Å². The zero-order chi connectivity index (χ0) is 12.5. The number of halogens is 1. The Morgan fingerprint density at radius 2 is 1.78 bits per heavy atom. The van der Waals surface area contributed by atoms with Gasteiger partial charge in [-0.2, -0.15) is 0 Å². The number of hydrogen-bond donors (Lipinski definition) is 1. The second kappa shape index (κ2) is 4.27. The van der Waals surface area contributed by atoms with Crippen LogP contribution < -0.4 is 5.73 Å². The van der Waals surface area contributed by atoms with E-state index in [9.17, 15) is 0 Å². The molecule has 18 heavy (non-hydrogen) atoms. The van der Waals surface area contributed by atoms with Gasteiger partial charge < -0.3 is 5.73 Å². The van der Waals surface area contributed by atoms with Gasteiger partial charge in [-0.1, -0.05) is 48.0 Å². The number of hydrogen-bond acceptors (Lipinski definition) is 3. The van der Waals surface area contributed by atoms with Gasteiger partial charge in [0.1, 0.15) is 10.8 Å². The Morgan fingerprint density at radius 1 is 1.00 bits per heavy atom. The summed E-state index contributed by atoms with van der Waals surface area (Å²) in [4.78, 5) is 8.25. The van der Waals surface area contributed by atoms with Crippen LogP contribution in [0, 0.1) is 0 Å². The van der Waals surface area contributed by atoms with Gasteiger partial charge in [-0.3, -0.25) is 0 Å². The molecule has 0 saturated carbocycles. The van der Waals surface area contributed by atoms with E-state index in [1.165, 1.54) is 11.6 Å². The van der Waals surface area contributed by atoms with E-state index in [-0.39, 0.29) is 0 Å². The van der Waals surface area contributed by atoms with Crippen LogP contribution >= 0.6 is 11.6 Å². The third-order valence-electron chi connectivity index (χ3n) is 2.79. The number of nitrogens with zero attached hydrogens (tertiary/aromatic N) is 2. The zero-order valence-electron chi connectivity index (χ0n) is 9.47. The first-order valence-corrected chi connectivity index (χ1v) is 5.89. The van der Waals surface area contributed by atoms with E-state index in [1.807, 2.05) is 30.3 Å². The van der Waals surface area contributed by atoms with E-state index < -0.39 is 0 Å². The Hall–Kier alpha value is -2.13. The van der Waals surface area contributed by atoms with Crippen LogP contribution in [0.4, 0.5) is 5.82 Å². The molecule has 1 heterocycles. The Balaban J connectivity index is 2.19. The molecule has 0 bridgehead atoms. The van der Waals surface area contributed by atoms with Crippen LogP contribution in [-0.2, 0) is 0 Å². The molecule has 0 spiro atoms. The van der Waals surface area contributed by atoms with E-state index >= 15 is 0 Å². The summed E-state index contributed by atoms with van der Waals surface area (Å²) in [5.74, 6) is 0.345. The van der Waals surface area contributed by atoms with Gasteiger partial charge in [-0.15, -0.1) is 0 Å². The van der Waals surface area contributed by atoms with Crippen LogP contribution in [0.1, 0.15) is 0 Å². The highest BCUT2D eigenvalue weighted by molar-refractivity contribution is 6.29. The summed E-state index contributed by atoms with van der Waals surface area (Å²) < 4.78 is 0. The first-order chi connectivity index (χ1) is 8.74. The van der Waals surface area contributed by atoms with E-state index in [2.05, 4.69) is 22.1 Å². The molecule has 0 unspecified atom stereocenters. The van der Waals surface area contributed by atoms with E-state index in [4.69, 9.17) is 17.3 Å². The Bertz CT molecular complexity index is 725. The zero-order valence-corrected chi connectivity index (χ0v) is 10.2. The van der Waals surface area contributed by atoms with E-state index in [0.717, 1.165) is 10.9 Å². The molecule has 3 rings (SSSR count). The van der Waals surface area contributed by atoms with Crippen LogP contribution in [-0.4, -0.2) is 9.97 Å². The number of benzene rings is 2. The van der Waals surface area contributed by atoms with Crippen LogP contribution in [0.15, 0.2) is 48.7 Å². The maximum absolute atomic E-state index is 5.84. The number of nitrogen functional groups attached to an aromatic ring is 1. The van der Waals surface area contributed by atoms with E-state index in [1.54, 1.807) is 0 Å². The molecule has 0 saturated heterocycles. The molecule has 0 aliphatic rings. The van der Waals surface area contributed by atoms with Crippen LogP contribution in [0.5, 0.6) is 0 Å². The van der Waals surface area contributed by atoms with Crippen molar-refractivity contribution in [3.05, 3.63) is 53.8 Å². The van der Waals surface area contributed by atoms with Crippen LogP contribution in [0.25, 0.3) is 22.0 Å². The van der Waals surface area contributed by atoms with Crippen molar-refractivity contribution >= 4 is 28.2 Å².